The van der Waals surface area contributed by atoms with Crippen molar-refractivity contribution in [3.05, 3.63) is 44.2 Å². The second-order valence-electron chi connectivity index (χ2n) is 9.93. The third-order valence-corrected chi connectivity index (χ3v) is 7.17. The van der Waals surface area contributed by atoms with Crippen molar-refractivity contribution in [2.75, 3.05) is 23.8 Å². The van der Waals surface area contributed by atoms with Gasteiger partial charge in [0.15, 0.2) is 12.5 Å². The smallest absolute Gasteiger partial charge is 0.253 e. The highest BCUT2D eigenvalue weighted by Crippen LogP contribution is 2.29. The lowest BCUT2D eigenvalue weighted by Gasteiger charge is -2.39. The van der Waals surface area contributed by atoms with Gasteiger partial charge in [-0.15, -0.1) is 10.2 Å². The van der Waals surface area contributed by atoms with Gasteiger partial charge in [-0.3, -0.25) is 9.59 Å². The summed E-state index contributed by atoms with van der Waals surface area (Å²) in [4.78, 5) is 24.4. The molecule has 0 unspecified atom stereocenters. The molecule has 2 saturated heterocycles. The topological polar surface area (TPSA) is 300 Å². The van der Waals surface area contributed by atoms with E-state index in [0.29, 0.717) is 0 Å². The third kappa shape index (κ3) is 5.40. The van der Waals surface area contributed by atoms with Crippen LogP contribution in [-0.4, -0.2) is 133 Å². The normalized spacial score (nSPS) is 33.6. The van der Waals surface area contributed by atoms with Gasteiger partial charge >= 0.3 is 0 Å². The lowest BCUT2D eigenvalue weighted by atomic mass is 9.98. The van der Waals surface area contributed by atoms with E-state index in [1.54, 1.807) is 0 Å². The predicted molar refractivity (Wildman–Crippen MR) is 134 cm³/mol. The van der Waals surface area contributed by atoms with Gasteiger partial charge in [0.1, 0.15) is 71.6 Å². The van der Waals surface area contributed by atoms with Crippen LogP contribution in [0, 0.1) is 0 Å². The Hall–Kier alpha value is -3.44. The van der Waals surface area contributed by atoms with Crippen LogP contribution >= 0.6 is 0 Å². The van der Waals surface area contributed by atoms with Crippen molar-refractivity contribution in [2.24, 2.45) is 0 Å². The molecule has 0 amide bonds. The van der Waals surface area contributed by atoms with Crippen molar-refractivity contribution < 1.29 is 50.3 Å². The Bertz CT molecular complexity index is 1330. The zero-order valence-electron chi connectivity index (χ0n) is 21.7. The van der Waals surface area contributed by atoms with Crippen molar-refractivity contribution >= 4 is 11.4 Å². The molecular formula is C22H30N8O12. The van der Waals surface area contributed by atoms with Gasteiger partial charge in [0.25, 0.3) is 10.9 Å². The first-order valence-electron chi connectivity index (χ1n) is 12.8. The molecule has 230 valence electrons. The number of aliphatic hydroxyl groups is 8. The molecule has 10 N–H and O–H groups in total. The highest BCUT2D eigenvalue weighted by atomic mass is 16.6. The maximum Gasteiger partial charge on any atom is 0.253 e. The minimum absolute atomic E-state index is 0.0382. The number of anilines is 2. The van der Waals surface area contributed by atoms with E-state index >= 15 is 0 Å². The summed E-state index contributed by atoms with van der Waals surface area (Å²) in [7, 11) is 0. The van der Waals surface area contributed by atoms with E-state index < -0.39 is 85.4 Å². The molecule has 2 aromatic heterocycles. The van der Waals surface area contributed by atoms with E-state index in [9.17, 15) is 50.4 Å². The maximum atomic E-state index is 12.2. The van der Waals surface area contributed by atoms with Crippen LogP contribution in [0.1, 0.15) is 23.8 Å². The third-order valence-electron chi connectivity index (χ3n) is 7.17. The molecule has 1 aromatic carbocycles. The number of aliphatic hydroxyl groups excluding tert-OH is 8. The predicted octanol–water partition coefficient (Wildman–Crippen LogP) is -6.37. The van der Waals surface area contributed by atoms with Crippen molar-refractivity contribution in [2.45, 2.75) is 74.4 Å². The number of hydrogen-bond acceptors (Lipinski definition) is 18. The molecule has 10 atom stereocenters. The van der Waals surface area contributed by atoms with Gasteiger partial charge in [-0.05, 0) is 0 Å². The summed E-state index contributed by atoms with van der Waals surface area (Å²) in [5.74, 6) is 0. The lowest BCUT2D eigenvalue weighted by Crippen LogP contribution is -2.56. The van der Waals surface area contributed by atoms with Gasteiger partial charge in [0, 0.05) is 0 Å². The second-order valence-corrected chi connectivity index (χ2v) is 9.93. The number of aromatic nitrogens is 6. The standard InChI is InChI=1S/C22H30N8O12/c31-5-9-13(33)17(37)19(39)21(41-9)29-3-7(25-27-29)1-23-11-12(16(36)15(11)35)24-2-8-4-30(28-26-8)22-20(40)18(38)14(34)10(6-32)42-22/h3-4,9-10,13-14,17-24,31-34,37-40H,1-2,5-6H2/t9-,10-,13+,14+,17+,18+,19-,20-,21-,22-/m1/s1. The first-order valence-corrected chi connectivity index (χ1v) is 12.8. The summed E-state index contributed by atoms with van der Waals surface area (Å²) in [6.07, 6.45) is -11.6. The van der Waals surface area contributed by atoms with Crippen molar-refractivity contribution in [3.8, 4) is 0 Å². The molecule has 4 heterocycles. The van der Waals surface area contributed by atoms with Crippen LogP contribution in [0.5, 0.6) is 0 Å². The number of ether oxygens (including phenoxy) is 2. The average molecular weight is 599 g/mol. The molecule has 0 spiro atoms. The Balaban J connectivity index is 1.20. The van der Waals surface area contributed by atoms with Crippen molar-refractivity contribution in [1.82, 2.24) is 30.0 Å². The summed E-state index contributed by atoms with van der Waals surface area (Å²) in [5.41, 5.74) is -1.14. The fourth-order valence-electron chi connectivity index (χ4n) is 4.73. The molecule has 20 heteroatoms. The Morgan fingerprint density at radius 2 is 1.02 bits per heavy atom. The number of nitrogens with one attached hydrogen (secondary N) is 2. The van der Waals surface area contributed by atoms with E-state index in [1.807, 2.05) is 0 Å². The summed E-state index contributed by atoms with van der Waals surface area (Å²) < 4.78 is 13.0. The van der Waals surface area contributed by atoms with Gasteiger partial charge in [-0.1, -0.05) is 10.4 Å². The Morgan fingerprint density at radius 1 is 0.643 bits per heavy atom. The van der Waals surface area contributed by atoms with E-state index in [-0.39, 0.29) is 35.9 Å². The largest absolute Gasteiger partial charge is 0.394 e. The highest BCUT2D eigenvalue weighted by Gasteiger charge is 2.46. The fourth-order valence-corrected chi connectivity index (χ4v) is 4.73. The molecule has 2 aliphatic rings. The number of nitrogens with zero attached hydrogens (tertiary/aromatic N) is 6. The first-order chi connectivity index (χ1) is 20.0. The van der Waals surface area contributed by atoms with E-state index in [4.69, 9.17) is 9.47 Å². The van der Waals surface area contributed by atoms with Crippen molar-refractivity contribution in [3.63, 3.8) is 0 Å². The van der Waals surface area contributed by atoms with E-state index in [2.05, 4.69) is 31.3 Å². The number of hydrogen-bond donors (Lipinski definition) is 10. The van der Waals surface area contributed by atoms with Gasteiger partial charge < -0.3 is 61.0 Å². The van der Waals surface area contributed by atoms with Crippen molar-refractivity contribution in [1.29, 1.82) is 0 Å². The Kier molecular flexibility index (Phi) is 8.61. The average Bonchev–Trinajstić information content (AvgIpc) is 3.66. The Labute approximate surface area is 234 Å². The van der Waals surface area contributed by atoms with Crippen LogP contribution in [0.25, 0.3) is 0 Å². The summed E-state index contributed by atoms with van der Waals surface area (Å²) in [5, 5.41) is 100. The zero-order chi connectivity index (χ0) is 30.3. The molecule has 20 nitrogen and oxygen atoms in total. The maximum absolute atomic E-state index is 12.2. The monoisotopic (exact) mass is 598 g/mol. The molecule has 0 saturated carbocycles. The first kappa shape index (κ1) is 30.0. The summed E-state index contributed by atoms with van der Waals surface area (Å²) in [6, 6.07) is 0. The van der Waals surface area contributed by atoms with Crippen LogP contribution in [0.4, 0.5) is 11.4 Å². The summed E-state index contributed by atoms with van der Waals surface area (Å²) >= 11 is 0. The van der Waals surface area contributed by atoms with Gasteiger partial charge in [0.2, 0.25) is 0 Å². The molecular weight excluding hydrogens is 568 g/mol. The van der Waals surface area contributed by atoms with E-state index in [0.717, 1.165) is 9.36 Å². The molecule has 42 heavy (non-hydrogen) atoms. The molecule has 3 aromatic rings. The van der Waals surface area contributed by atoms with Crippen LogP contribution < -0.4 is 21.5 Å². The molecule has 5 rings (SSSR count). The van der Waals surface area contributed by atoms with Crippen LogP contribution in [-0.2, 0) is 22.6 Å². The minimum atomic E-state index is -1.61. The van der Waals surface area contributed by atoms with Crippen LogP contribution in [0.3, 0.4) is 0 Å². The van der Waals surface area contributed by atoms with Gasteiger partial charge in [-0.2, -0.15) is 0 Å². The fraction of sp³-hybridized carbons (Fsp3) is 0.636. The zero-order valence-corrected chi connectivity index (χ0v) is 21.7. The molecule has 2 fully saturated rings. The molecule has 2 aliphatic heterocycles. The second kappa shape index (κ2) is 12.0. The van der Waals surface area contributed by atoms with Crippen LogP contribution in [0.2, 0.25) is 0 Å². The quantitative estimate of drug-likeness (QED) is 0.0970. The minimum Gasteiger partial charge on any atom is -0.394 e. The molecule has 0 aliphatic carbocycles. The van der Waals surface area contributed by atoms with Crippen LogP contribution in [0.15, 0.2) is 22.0 Å². The molecule has 0 bridgehead atoms. The highest BCUT2D eigenvalue weighted by molar-refractivity contribution is 5.73. The summed E-state index contributed by atoms with van der Waals surface area (Å²) in [6.45, 7) is -1.39. The number of rotatable bonds is 10. The lowest BCUT2D eigenvalue weighted by molar-refractivity contribution is -0.254. The van der Waals surface area contributed by atoms with Gasteiger partial charge in [0.05, 0.1) is 38.7 Å². The SMILES string of the molecule is O=c1c(NCc2cn([C@@H]3O[C@H](CO)[C@H](O)[C@H](O)[C@H]3O)nn2)c(NCc2cn([C@@H]3O[C@H](CO)[C@H](O)[C@H](O)[C@H]3O)nn2)c1=O. The Morgan fingerprint density at radius 3 is 1.38 bits per heavy atom. The van der Waals surface area contributed by atoms with Gasteiger partial charge in [-0.25, -0.2) is 9.36 Å². The molecule has 0 radical (unpaired) electrons. The van der Waals surface area contributed by atoms with E-state index in [1.165, 1.54) is 12.4 Å².